The number of aliphatic hydroxyl groups excluding tert-OH is 1. The highest BCUT2D eigenvalue weighted by Gasteiger charge is 2.25. The Bertz CT molecular complexity index is 1420. The minimum atomic E-state index is -1.07. The van der Waals surface area contributed by atoms with Crippen molar-refractivity contribution in [1.29, 1.82) is 0 Å². The molecule has 6 nitrogen and oxygen atoms in total. The van der Waals surface area contributed by atoms with Gasteiger partial charge in [0, 0.05) is 23.5 Å². The zero-order valence-electron chi connectivity index (χ0n) is 19.0. The van der Waals surface area contributed by atoms with Gasteiger partial charge in [-0.25, -0.2) is 4.39 Å². The molecule has 0 bridgehead atoms. The topological polar surface area (TPSA) is 83.6 Å². The van der Waals surface area contributed by atoms with E-state index in [-0.39, 0.29) is 17.9 Å². The van der Waals surface area contributed by atoms with Crippen LogP contribution in [0.15, 0.2) is 54.7 Å². The molecule has 1 aliphatic rings. The van der Waals surface area contributed by atoms with Gasteiger partial charge in [0.05, 0.1) is 31.9 Å². The number of aliphatic hydroxyl groups is 1. The number of fused-ring (bicyclic) bond motifs is 2. The molecule has 8 heteroatoms. The molecular formula is C27H24F2N2O4. The molecule has 0 radical (unpaired) electrons. The molecule has 3 N–H and O–H groups in total. The van der Waals surface area contributed by atoms with Crippen LogP contribution in [0.1, 0.15) is 21.5 Å². The van der Waals surface area contributed by atoms with Gasteiger partial charge in [0.2, 0.25) is 5.82 Å². The largest absolute Gasteiger partial charge is 0.494 e. The number of rotatable bonds is 7. The van der Waals surface area contributed by atoms with E-state index in [1.54, 1.807) is 12.1 Å². The van der Waals surface area contributed by atoms with Crippen LogP contribution in [0.3, 0.4) is 0 Å². The van der Waals surface area contributed by atoms with E-state index in [4.69, 9.17) is 9.47 Å². The number of aromatic amines is 1. The first-order valence-electron chi connectivity index (χ1n) is 11.3. The molecule has 5 rings (SSSR count). The number of methoxy groups -OCH3 is 1. The summed E-state index contributed by atoms with van der Waals surface area (Å²) >= 11 is 0. The lowest BCUT2D eigenvalue weighted by Gasteiger charge is -2.18. The summed E-state index contributed by atoms with van der Waals surface area (Å²) in [5.41, 5.74) is 3.94. The maximum Gasteiger partial charge on any atom is 0.255 e. The van der Waals surface area contributed by atoms with Crippen LogP contribution in [0.2, 0.25) is 0 Å². The molecule has 0 fully saturated rings. The van der Waals surface area contributed by atoms with E-state index in [9.17, 15) is 18.7 Å². The Morgan fingerprint density at radius 3 is 2.80 bits per heavy atom. The predicted octanol–water partition coefficient (Wildman–Crippen LogP) is 4.39. The Kier molecular flexibility index (Phi) is 6.13. The number of para-hydroxylation sites is 1. The summed E-state index contributed by atoms with van der Waals surface area (Å²) in [6.07, 6.45) is 2.88. The van der Waals surface area contributed by atoms with Crippen LogP contribution >= 0.6 is 0 Å². The van der Waals surface area contributed by atoms with Crippen molar-refractivity contribution in [2.45, 2.75) is 18.9 Å². The van der Waals surface area contributed by atoms with E-state index < -0.39 is 23.6 Å². The molecular weight excluding hydrogens is 454 g/mol. The molecule has 0 saturated carbocycles. The first kappa shape index (κ1) is 22.9. The lowest BCUT2D eigenvalue weighted by Crippen LogP contribution is -2.39. The van der Waals surface area contributed by atoms with E-state index in [0.29, 0.717) is 36.3 Å². The summed E-state index contributed by atoms with van der Waals surface area (Å²) in [5, 5.41) is 13.9. The van der Waals surface area contributed by atoms with E-state index in [1.165, 1.54) is 13.2 Å². The highest BCUT2D eigenvalue weighted by Crippen LogP contribution is 2.37. The van der Waals surface area contributed by atoms with Crippen molar-refractivity contribution in [2.75, 3.05) is 20.3 Å². The van der Waals surface area contributed by atoms with Gasteiger partial charge in [-0.05, 0) is 59.0 Å². The van der Waals surface area contributed by atoms with Crippen molar-refractivity contribution >= 4 is 16.8 Å². The minimum Gasteiger partial charge on any atom is -0.494 e. The van der Waals surface area contributed by atoms with Crippen molar-refractivity contribution in [1.82, 2.24) is 10.3 Å². The molecule has 1 aromatic heterocycles. The lowest BCUT2D eigenvalue weighted by molar-refractivity contribution is 0.0913. The number of hydrogen-bond acceptors (Lipinski definition) is 4. The number of carbonyl (C=O) groups is 1. The molecule has 0 aliphatic carbocycles. The average Bonchev–Trinajstić information content (AvgIpc) is 3.51. The summed E-state index contributed by atoms with van der Waals surface area (Å²) in [5.74, 6) is -2.28. The average molecular weight is 478 g/mol. The first-order valence-corrected chi connectivity index (χ1v) is 11.3. The van der Waals surface area contributed by atoms with Crippen molar-refractivity contribution in [3.8, 4) is 22.6 Å². The summed E-state index contributed by atoms with van der Waals surface area (Å²) in [7, 11) is 1.26. The second kappa shape index (κ2) is 9.38. The third-order valence-electron chi connectivity index (χ3n) is 6.27. The molecule has 35 heavy (non-hydrogen) atoms. The molecule has 3 aromatic carbocycles. The van der Waals surface area contributed by atoms with Gasteiger partial charge in [-0.1, -0.05) is 18.2 Å². The molecule has 4 aromatic rings. The summed E-state index contributed by atoms with van der Waals surface area (Å²) in [4.78, 5) is 16.5. The fourth-order valence-corrected chi connectivity index (χ4v) is 4.51. The highest BCUT2D eigenvalue weighted by atomic mass is 19.2. The number of halogens is 2. The first-order chi connectivity index (χ1) is 17.0. The maximum atomic E-state index is 14.2. The normalized spacial score (nSPS) is 13.4. The molecule has 180 valence electrons. The monoisotopic (exact) mass is 478 g/mol. The van der Waals surface area contributed by atoms with Gasteiger partial charge < -0.3 is 24.9 Å². The van der Waals surface area contributed by atoms with Gasteiger partial charge in [-0.2, -0.15) is 4.39 Å². The second-order valence-corrected chi connectivity index (χ2v) is 8.50. The summed E-state index contributed by atoms with van der Waals surface area (Å²) in [6, 6.07) is 13.1. The zero-order valence-corrected chi connectivity index (χ0v) is 19.0. The maximum absolute atomic E-state index is 14.2. The van der Waals surface area contributed by atoms with Crippen LogP contribution in [0.5, 0.6) is 11.5 Å². The van der Waals surface area contributed by atoms with Crippen LogP contribution in [-0.4, -0.2) is 42.4 Å². The van der Waals surface area contributed by atoms with Gasteiger partial charge in [-0.15, -0.1) is 0 Å². The number of hydrogen-bond donors (Lipinski definition) is 3. The Morgan fingerprint density at radius 2 is 2.00 bits per heavy atom. The van der Waals surface area contributed by atoms with E-state index >= 15 is 0 Å². The number of carbonyl (C=O) groups excluding carboxylic acids is 1. The number of benzene rings is 3. The van der Waals surface area contributed by atoms with Crippen molar-refractivity contribution in [3.63, 3.8) is 0 Å². The van der Waals surface area contributed by atoms with Gasteiger partial charge in [0.15, 0.2) is 11.6 Å². The SMILES string of the molecule is COc1cc(-c2cc3c(c(C(=O)N[C@@H](CO)Cc4c[nH]c5ccccc45)c2)OCC3)cc(F)c1F. The number of ether oxygens (including phenoxy) is 2. The summed E-state index contributed by atoms with van der Waals surface area (Å²) in [6.45, 7) is 0.160. The van der Waals surface area contributed by atoms with Crippen LogP contribution in [-0.2, 0) is 12.8 Å². The van der Waals surface area contributed by atoms with Crippen molar-refractivity contribution in [2.24, 2.45) is 0 Å². The Hall–Kier alpha value is -3.91. The van der Waals surface area contributed by atoms with Crippen LogP contribution < -0.4 is 14.8 Å². The summed E-state index contributed by atoms with van der Waals surface area (Å²) < 4.78 is 38.8. The Morgan fingerprint density at radius 1 is 1.20 bits per heavy atom. The number of amides is 1. The van der Waals surface area contributed by atoms with E-state index in [1.807, 2.05) is 30.5 Å². The third-order valence-corrected chi connectivity index (χ3v) is 6.27. The Balaban J connectivity index is 1.45. The van der Waals surface area contributed by atoms with E-state index in [2.05, 4.69) is 10.3 Å². The molecule has 1 atom stereocenters. The fourth-order valence-electron chi connectivity index (χ4n) is 4.51. The number of nitrogens with one attached hydrogen (secondary N) is 2. The van der Waals surface area contributed by atoms with Crippen LogP contribution in [0.25, 0.3) is 22.0 Å². The van der Waals surface area contributed by atoms with Crippen molar-refractivity contribution in [3.05, 3.63) is 83.1 Å². The standard InChI is InChI=1S/C27H24F2N2O4/c1-34-24-12-17(11-22(28)25(24)29)16-8-15-6-7-35-26(15)21(10-16)27(33)31-19(14-32)9-18-13-30-23-5-3-2-4-20(18)23/h2-5,8,10-13,19,30,32H,6-7,9,14H2,1H3,(H,31,33)/t19-/m1/s1. The van der Waals surface area contributed by atoms with E-state index in [0.717, 1.165) is 28.1 Å². The third kappa shape index (κ3) is 4.33. The predicted molar refractivity (Wildman–Crippen MR) is 128 cm³/mol. The molecule has 1 amide bonds. The van der Waals surface area contributed by atoms with Gasteiger partial charge in [0.1, 0.15) is 5.75 Å². The molecule has 0 unspecified atom stereocenters. The van der Waals surface area contributed by atoms with Crippen LogP contribution in [0.4, 0.5) is 8.78 Å². The van der Waals surface area contributed by atoms with Gasteiger partial charge in [0.25, 0.3) is 5.91 Å². The molecule has 2 heterocycles. The van der Waals surface area contributed by atoms with Gasteiger partial charge >= 0.3 is 0 Å². The smallest absolute Gasteiger partial charge is 0.255 e. The minimum absolute atomic E-state index is 0.221. The molecule has 0 spiro atoms. The molecule has 0 saturated heterocycles. The highest BCUT2D eigenvalue weighted by molar-refractivity contribution is 5.99. The van der Waals surface area contributed by atoms with Crippen LogP contribution in [0, 0.1) is 11.6 Å². The lowest BCUT2D eigenvalue weighted by atomic mass is 9.97. The Labute approximate surface area is 200 Å². The fraction of sp³-hybridized carbons (Fsp3) is 0.222. The molecule has 1 aliphatic heterocycles. The van der Waals surface area contributed by atoms with Gasteiger partial charge in [-0.3, -0.25) is 4.79 Å². The number of aromatic nitrogens is 1. The second-order valence-electron chi connectivity index (χ2n) is 8.50. The number of H-pyrrole nitrogens is 1. The quantitative estimate of drug-likeness (QED) is 0.368. The zero-order chi connectivity index (χ0) is 24.5. The van der Waals surface area contributed by atoms with Crippen molar-refractivity contribution < 1.29 is 28.2 Å².